The van der Waals surface area contributed by atoms with E-state index in [0.717, 1.165) is 22.7 Å². The molecule has 2 rings (SSSR count). The molecule has 2 aromatic rings. The molecule has 0 saturated carbocycles. The van der Waals surface area contributed by atoms with Gasteiger partial charge in [0.25, 0.3) is 0 Å². The van der Waals surface area contributed by atoms with E-state index in [1.165, 1.54) is 0 Å². The van der Waals surface area contributed by atoms with E-state index in [9.17, 15) is 0 Å². The van der Waals surface area contributed by atoms with Crippen LogP contribution in [0.15, 0.2) is 36.8 Å². The first kappa shape index (κ1) is 15.1. The Morgan fingerprint density at radius 3 is 2.60 bits per heavy atom. The first-order chi connectivity index (χ1) is 9.50. The van der Waals surface area contributed by atoms with Gasteiger partial charge >= 0.3 is 0 Å². The molecule has 1 aromatic carbocycles. The molecule has 0 bridgehead atoms. The van der Waals surface area contributed by atoms with Crippen LogP contribution in [0.25, 0.3) is 0 Å². The molecule has 2 unspecified atom stereocenters. The summed E-state index contributed by atoms with van der Waals surface area (Å²) in [5.41, 5.74) is 8.45. The number of nitrogens with two attached hydrogens (primary N) is 1. The maximum Gasteiger partial charge on any atom is 0.0954 e. The van der Waals surface area contributed by atoms with Crippen molar-refractivity contribution in [2.75, 3.05) is 0 Å². The van der Waals surface area contributed by atoms with E-state index in [1.807, 2.05) is 36.8 Å². The summed E-state index contributed by atoms with van der Waals surface area (Å²) in [6, 6.07) is 8.03. The monoisotopic (exact) mass is 291 g/mol. The van der Waals surface area contributed by atoms with Gasteiger partial charge in [-0.05, 0) is 30.9 Å². The fraction of sp³-hybridized carbons (Fsp3) is 0.438. The van der Waals surface area contributed by atoms with Crippen molar-refractivity contribution in [3.63, 3.8) is 0 Å². The Bertz CT molecular complexity index is 562. The lowest BCUT2D eigenvalue weighted by molar-refractivity contribution is 0.475. The van der Waals surface area contributed by atoms with Crippen LogP contribution in [-0.2, 0) is 0 Å². The number of hydrogen-bond acceptors (Lipinski definition) is 2. The van der Waals surface area contributed by atoms with Gasteiger partial charge in [-0.3, -0.25) is 0 Å². The molecule has 0 fully saturated rings. The Morgan fingerprint density at radius 1 is 1.25 bits per heavy atom. The van der Waals surface area contributed by atoms with Crippen molar-refractivity contribution in [2.24, 2.45) is 11.7 Å². The van der Waals surface area contributed by atoms with Gasteiger partial charge in [0.2, 0.25) is 0 Å². The Balaban J connectivity index is 2.30. The molecule has 0 saturated heterocycles. The molecule has 2 atom stereocenters. The SMILES string of the molecule is CC(C)CC(N)c1cncn1C(C)c1ccccc1Cl. The number of aromatic nitrogens is 2. The Hall–Kier alpha value is -1.32. The summed E-state index contributed by atoms with van der Waals surface area (Å²) >= 11 is 6.29. The molecule has 0 radical (unpaired) electrons. The zero-order valence-corrected chi connectivity index (χ0v) is 13.0. The summed E-state index contributed by atoms with van der Waals surface area (Å²) in [4.78, 5) is 4.27. The van der Waals surface area contributed by atoms with Crippen LogP contribution >= 0.6 is 11.6 Å². The number of hydrogen-bond donors (Lipinski definition) is 1. The van der Waals surface area contributed by atoms with Crippen LogP contribution < -0.4 is 5.73 Å². The predicted molar refractivity (Wildman–Crippen MR) is 83.9 cm³/mol. The third kappa shape index (κ3) is 3.22. The van der Waals surface area contributed by atoms with E-state index in [0.29, 0.717) is 5.92 Å². The van der Waals surface area contributed by atoms with E-state index in [1.54, 1.807) is 0 Å². The van der Waals surface area contributed by atoms with Crippen LogP contribution in [0.1, 0.15) is 50.5 Å². The van der Waals surface area contributed by atoms with E-state index < -0.39 is 0 Å². The van der Waals surface area contributed by atoms with Crippen molar-refractivity contribution in [1.29, 1.82) is 0 Å². The fourth-order valence-corrected chi connectivity index (χ4v) is 2.81. The maximum absolute atomic E-state index is 6.30. The van der Waals surface area contributed by atoms with Gasteiger partial charge in [0.05, 0.1) is 18.1 Å². The molecule has 0 spiro atoms. The minimum Gasteiger partial charge on any atom is -0.326 e. The highest BCUT2D eigenvalue weighted by atomic mass is 35.5. The molecule has 2 N–H and O–H groups in total. The molecular formula is C16H22ClN3. The van der Waals surface area contributed by atoms with Crippen LogP contribution in [-0.4, -0.2) is 9.55 Å². The zero-order chi connectivity index (χ0) is 14.7. The van der Waals surface area contributed by atoms with Crippen molar-refractivity contribution in [2.45, 2.75) is 39.3 Å². The first-order valence-corrected chi connectivity index (χ1v) is 7.40. The van der Waals surface area contributed by atoms with Crippen LogP contribution in [0.2, 0.25) is 5.02 Å². The van der Waals surface area contributed by atoms with Gasteiger partial charge in [-0.1, -0.05) is 43.6 Å². The first-order valence-electron chi connectivity index (χ1n) is 7.02. The summed E-state index contributed by atoms with van der Waals surface area (Å²) in [5, 5.41) is 0.775. The highest BCUT2D eigenvalue weighted by Crippen LogP contribution is 2.29. The molecular weight excluding hydrogens is 270 g/mol. The average Bonchev–Trinajstić information content (AvgIpc) is 2.87. The smallest absolute Gasteiger partial charge is 0.0954 e. The summed E-state index contributed by atoms with van der Waals surface area (Å²) in [6.45, 7) is 6.48. The van der Waals surface area contributed by atoms with Gasteiger partial charge in [-0.2, -0.15) is 0 Å². The zero-order valence-electron chi connectivity index (χ0n) is 12.3. The standard InChI is InChI=1S/C16H22ClN3/c1-11(2)8-15(18)16-9-19-10-20(16)12(3)13-6-4-5-7-14(13)17/h4-7,9-12,15H,8,18H2,1-3H3. The molecule has 0 aliphatic carbocycles. The Labute approximate surface area is 125 Å². The van der Waals surface area contributed by atoms with Gasteiger partial charge < -0.3 is 10.3 Å². The molecule has 20 heavy (non-hydrogen) atoms. The minimum absolute atomic E-state index is 0.00226. The van der Waals surface area contributed by atoms with Crippen molar-refractivity contribution < 1.29 is 0 Å². The summed E-state index contributed by atoms with van der Waals surface area (Å²) in [7, 11) is 0. The number of nitrogens with zero attached hydrogens (tertiary/aromatic N) is 2. The number of halogens is 1. The molecule has 0 amide bonds. The molecule has 0 aliphatic rings. The van der Waals surface area contributed by atoms with Crippen LogP contribution in [0.5, 0.6) is 0 Å². The van der Waals surface area contributed by atoms with Crippen molar-refractivity contribution in [1.82, 2.24) is 9.55 Å². The number of benzene rings is 1. The molecule has 1 aromatic heterocycles. The third-order valence-electron chi connectivity index (χ3n) is 3.57. The van der Waals surface area contributed by atoms with Crippen LogP contribution in [0.4, 0.5) is 0 Å². The van der Waals surface area contributed by atoms with Gasteiger partial charge in [0.15, 0.2) is 0 Å². The topological polar surface area (TPSA) is 43.8 Å². The van der Waals surface area contributed by atoms with Crippen molar-refractivity contribution in [3.8, 4) is 0 Å². The molecule has 0 aliphatic heterocycles. The highest BCUT2D eigenvalue weighted by molar-refractivity contribution is 6.31. The van der Waals surface area contributed by atoms with Gasteiger partial charge in [-0.25, -0.2) is 4.98 Å². The van der Waals surface area contributed by atoms with Crippen molar-refractivity contribution >= 4 is 11.6 Å². The minimum atomic E-state index is 0.00226. The molecule has 3 nitrogen and oxygen atoms in total. The van der Waals surface area contributed by atoms with E-state index in [4.69, 9.17) is 17.3 Å². The highest BCUT2D eigenvalue weighted by Gasteiger charge is 2.18. The third-order valence-corrected chi connectivity index (χ3v) is 3.92. The summed E-state index contributed by atoms with van der Waals surface area (Å²) in [5.74, 6) is 0.559. The fourth-order valence-electron chi connectivity index (χ4n) is 2.52. The quantitative estimate of drug-likeness (QED) is 0.897. The van der Waals surface area contributed by atoms with Gasteiger partial charge in [0.1, 0.15) is 0 Å². The molecule has 4 heteroatoms. The van der Waals surface area contributed by atoms with E-state index >= 15 is 0 Å². The van der Waals surface area contributed by atoms with Crippen LogP contribution in [0.3, 0.4) is 0 Å². The number of imidazole rings is 1. The van der Waals surface area contributed by atoms with Gasteiger partial charge in [0, 0.05) is 17.3 Å². The maximum atomic E-state index is 6.30. The predicted octanol–water partition coefficient (Wildman–Crippen LogP) is 4.19. The Morgan fingerprint density at radius 2 is 1.95 bits per heavy atom. The second kappa shape index (κ2) is 6.42. The summed E-state index contributed by atoms with van der Waals surface area (Å²) in [6.07, 6.45) is 4.64. The second-order valence-electron chi connectivity index (χ2n) is 5.66. The van der Waals surface area contributed by atoms with Crippen molar-refractivity contribution in [3.05, 3.63) is 53.1 Å². The normalized spacial score (nSPS) is 14.5. The lowest BCUT2D eigenvalue weighted by Gasteiger charge is -2.22. The largest absolute Gasteiger partial charge is 0.326 e. The Kier molecular flexibility index (Phi) is 4.84. The molecule has 1 heterocycles. The molecule has 108 valence electrons. The van der Waals surface area contributed by atoms with Crippen LogP contribution in [0, 0.1) is 5.92 Å². The number of rotatable bonds is 5. The van der Waals surface area contributed by atoms with E-state index in [2.05, 4.69) is 30.3 Å². The van der Waals surface area contributed by atoms with Gasteiger partial charge in [-0.15, -0.1) is 0 Å². The average molecular weight is 292 g/mol. The summed E-state index contributed by atoms with van der Waals surface area (Å²) < 4.78 is 2.12. The van der Waals surface area contributed by atoms with E-state index in [-0.39, 0.29) is 12.1 Å². The second-order valence-corrected chi connectivity index (χ2v) is 6.07. The lowest BCUT2D eigenvalue weighted by atomic mass is 10.0. The lowest BCUT2D eigenvalue weighted by Crippen LogP contribution is -2.19.